The Morgan fingerprint density at radius 1 is 0.920 bits per heavy atom. The summed E-state index contributed by atoms with van der Waals surface area (Å²) in [6.45, 7) is 0.648. The van der Waals surface area contributed by atoms with Crippen molar-refractivity contribution in [1.82, 2.24) is 9.88 Å². The third-order valence-electron chi connectivity index (χ3n) is 4.26. The molecule has 3 heteroatoms. The van der Waals surface area contributed by atoms with Gasteiger partial charge in [0, 0.05) is 37.5 Å². The Labute approximate surface area is 149 Å². The maximum Gasteiger partial charge on any atom is 0.253 e. The molecule has 3 rings (SSSR count). The third-order valence-corrected chi connectivity index (χ3v) is 4.26. The van der Waals surface area contributed by atoms with Crippen molar-refractivity contribution in [1.29, 1.82) is 0 Å². The summed E-state index contributed by atoms with van der Waals surface area (Å²) in [5, 5.41) is 0. The van der Waals surface area contributed by atoms with Crippen molar-refractivity contribution in [3.8, 4) is 0 Å². The summed E-state index contributed by atoms with van der Waals surface area (Å²) in [5.74, 6) is 0.0578. The van der Waals surface area contributed by atoms with Crippen LogP contribution in [0.2, 0.25) is 0 Å². The van der Waals surface area contributed by atoms with Crippen LogP contribution < -0.4 is 0 Å². The molecular weight excluding hydrogens is 308 g/mol. The fourth-order valence-electron chi connectivity index (χ4n) is 2.83. The van der Waals surface area contributed by atoms with Crippen LogP contribution >= 0.6 is 0 Å². The van der Waals surface area contributed by atoms with Gasteiger partial charge in [0.1, 0.15) is 0 Å². The summed E-state index contributed by atoms with van der Waals surface area (Å²) in [4.78, 5) is 19.0. The molecule has 0 aliphatic heterocycles. The molecule has 0 saturated carbocycles. The first-order valence-electron chi connectivity index (χ1n) is 8.51. The number of carbonyl (C=O) groups excluding carboxylic acids is 1. The predicted molar refractivity (Wildman–Crippen MR) is 101 cm³/mol. The summed E-state index contributed by atoms with van der Waals surface area (Å²) in [7, 11) is 1.85. The van der Waals surface area contributed by atoms with Crippen molar-refractivity contribution in [2.75, 3.05) is 13.6 Å². The van der Waals surface area contributed by atoms with Gasteiger partial charge in [-0.3, -0.25) is 9.78 Å². The van der Waals surface area contributed by atoms with E-state index in [1.807, 2.05) is 67.7 Å². The third kappa shape index (κ3) is 4.54. The van der Waals surface area contributed by atoms with Crippen molar-refractivity contribution in [2.45, 2.75) is 12.8 Å². The van der Waals surface area contributed by atoms with Crippen LogP contribution in [0.5, 0.6) is 0 Å². The minimum absolute atomic E-state index is 0.0578. The molecule has 0 spiro atoms. The molecular formula is C22H22N2O. The highest BCUT2D eigenvalue weighted by molar-refractivity contribution is 5.95. The lowest BCUT2D eigenvalue weighted by atomic mass is 9.99. The lowest BCUT2D eigenvalue weighted by Crippen LogP contribution is -2.29. The second-order valence-electron chi connectivity index (χ2n) is 6.12. The molecule has 2 aromatic carbocycles. The van der Waals surface area contributed by atoms with Crippen molar-refractivity contribution in [3.63, 3.8) is 0 Å². The molecule has 0 saturated heterocycles. The van der Waals surface area contributed by atoms with Gasteiger partial charge in [0.15, 0.2) is 0 Å². The van der Waals surface area contributed by atoms with Gasteiger partial charge in [-0.05, 0) is 35.7 Å². The van der Waals surface area contributed by atoms with Gasteiger partial charge in [0.05, 0.1) is 0 Å². The van der Waals surface area contributed by atoms with E-state index in [1.54, 1.807) is 11.1 Å². The molecule has 0 bridgehead atoms. The van der Waals surface area contributed by atoms with Crippen LogP contribution in [0.3, 0.4) is 0 Å². The van der Waals surface area contributed by atoms with E-state index in [-0.39, 0.29) is 5.91 Å². The smallest absolute Gasteiger partial charge is 0.253 e. The van der Waals surface area contributed by atoms with Gasteiger partial charge in [0.25, 0.3) is 5.91 Å². The van der Waals surface area contributed by atoms with Crippen molar-refractivity contribution < 1.29 is 4.79 Å². The van der Waals surface area contributed by atoms with Crippen LogP contribution in [0.25, 0.3) is 0 Å². The zero-order valence-electron chi connectivity index (χ0n) is 14.4. The Hall–Kier alpha value is -2.94. The Bertz CT molecular complexity index is 816. The Morgan fingerprint density at radius 2 is 1.64 bits per heavy atom. The molecule has 0 aliphatic carbocycles. The predicted octanol–water partition coefficient (Wildman–Crippen LogP) is 3.99. The van der Waals surface area contributed by atoms with Gasteiger partial charge in [-0.15, -0.1) is 0 Å². The van der Waals surface area contributed by atoms with Crippen molar-refractivity contribution >= 4 is 5.91 Å². The molecule has 0 fully saturated rings. The number of likely N-dealkylation sites (N-methyl/N-ethyl adjacent to an activating group) is 1. The van der Waals surface area contributed by atoms with Gasteiger partial charge >= 0.3 is 0 Å². The summed E-state index contributed by atoms with van der Waals surface area (Å²) in [6.07, 6.45) is 3.30. The van der Waals surface area contributed by atoms with E-state index in [0.717, 1.165) is 29.7 Å². The minimum Gasteiger partial charge on any atom is -0.341 e. The number of amides is 1. The van der Waals surface area contributed by atoms with Crippen LogP contribution in [-0.4, -0.2) is 29.4 Å². The molecule has 0 radical (unpaired) electrons. The number of hydrogen-bond acceptors (Lipinski definition) is 2. The molecule has 3 nitrogen and oxygen atoms in total. The van der Waals surface area contributed by atoms with E-state index >= 15 is 0 Å². The highest BCUT2D eigenvalue weighted by Crippen LogP contribution is 2.16. The maximum absolute atomic E-state index is 12.9. The fourth-order valence-corrected chi connectivity index (χ4v) is 2.83. The quantitative estimate of drug-likeness (QED) is 0.685. The molecule has 0 aliphatic rings. The van der Waals surface area contributed by atoms with E-state index < -0.39 is 0 Å². The number of rotatable bonds is 6. The highest BCUT2D eigenvalue weighted by Gasteiger charge is 2.15. The molecule has 0 atom stereocenters. The molecule has 1 aromatic heterocycles. The van der Waals surface area contributed by atoms with E-state index in [9.17, 15) is 4.79 Å². The minimum atomic E-state index is 0.0578. The van der Waals surface area contributed by atoms with Crippen LogP contribution in [-0.2, 0) is 12.8 Å². The van der Waals surface area contributed by atoms with Crippen LogP contribution in [0.1, 0.15) is 27.2 Å². The first-order chi connectivity index (χ1) is 12.2. The molecule has 25 heavy (non-hydrogen) atoms. The van der Waals surface area contributed by atoms with Gasteiger partial charge in [-0.25, -0.2) is 0 Å². The Balaban J connectivity index is 1.71. The number of aromatic nitrogens is 1. The van der Waals surface area contributed by atoms with E-state index in [1.165, 1.54) is 5.56 Å². The van der Waals surface area contributed by atoms with Gasteiger partial charge < -0.3 is 4.90 Å². The molecule has 1 amide bonds. The van der Waals surface area contributed by atoms with Crippen LogP contribution in [0.15, 0.2) is 79.0 Å². The highest BCUT2D eigenvalue weighted by atomic mass is 16.2. The normalized spacial score (nSPS) is 10.4. The molecule has 0 N–H and O–H groups in total. The number of benzene rings is 2. The van der Waals surface area contributed by atoms with Gasteiger partial charge in [-0.2, -0.15) is 0 Å². The lowest BCUT2D eigenvalue weighted by Gasteiger charge is -2.19. The van der Waals surface area contributed by atoms with Crippen molar-refractivity contribution in [2.24, 2.45) is 0 Å². The molecule has 1 heterocycles. The Kier molecular flexibility index (Phi) is 5.57. The Morgan fingerprint density at radius 3 is 2.40 bits per heavy atom. The van der Waals surface area contributed by atoms with E-state index in [4.69, 9.17) is 0 Å². The lowest BCUT2D eigenvalue weighted by molar-refractivity contribution is 0.0795. The zero-order chi connectivity index (χ0) is 17.5. The zero-order valence-corrected chi connectivity index (χ0v) is 14.4. The summed E-state index contributed by atoms with van der Waals surface area (Å²) >= 11 is 0. The van der Waals surface area contributed by atoms with Gasteiger partial charge in [-0.1, -0.05) is 54.6 Å². The van der Waals surface area contributed by atoms with Crippen molar-refractivity contribution in [3.05, 3.63) is 101 Å². The topological polar surface area (TPSA) is 33.2 Å². The summed E-state index contributed by atoms with van der Waals surface area (Å²) in [5.41, 5.74) is 4.04. The van der Waals surface area contributed by atoms with Gasteiger partial charge in [0.2, 0.25) is 0 Å². The number of pyridine rings is 1. The molecule has 3 aromatic rings. The molecule has 126 valence electrons. The first kappa shape index (κ1) is 16.9. The number of nitrogens with zero attached hydrogens (tertiary/aromatic N) is 2. The standard InChI is InChI=1S/C22H22N2O/c1-24(16-14-20-12-7-8-15-23-20)22(25)21-13-6-5-11-19(21)17-18-9-3-2-4-10-18/h2-13,15H,14,16-17H2,1H3. The van der Waals surface area contributed by atoms with E-state index in [2.05, 4.69) is 17.1 Å². The monoisotopic (exact) mass is 330 g/mol. The average Bonchev–Trinajstić information content (AvgIpc) is 2.67. The number of hydrogen-bond donors (Lipinski definition) is 0. The maximum atomic E-state index is 12.9. The average molecular weight is 330 g/mol. The fraction of sp³-hybridized carbons (Fsp3) is 0.182. The SMILES string of the molecule is CN(CCc1ccccn1)C(=O)c1ccccc1Cc1ccccc1. The van der Waals surface area contributed by atoms with E-state index in [0.29, 0.717) is 6.54 Å². The second-order valence-corrected chi connectivity index (χ2v) is 6.12. The van der Waals surface area contributed by atoms with Crippen LogP contribution in [0.4, 0.5) is 0 Å². The first-order valence-corrected chi connectivity index (χ1v) is 8.51. The molecule has 0 unspecified atom stereocenters. The second kappa shape index (κ2) is 8.25. The number of carbonyl (C=O) groups is 1. The van der Waals surface area contributed by atoms with Crippen LogP contribution in [0, 0.1) is 0 Å². The summed E-state index contributed by atoms with van der Waals surface area (Å²) < 4.78 is 0. The summed E-state index contributed by atoms with van der Waals surface area (Å²) in [6, 6.07) is 24.0. The largest absolute Gasteiger partial charge is 0.341 e.